The summed E-state index contributed by atoms with van der Waals surface area (Å²) in [5.74, 6) is 1.08. The van der Waals surface area contributed by atoms with Crippen LogP contribution in [0.2, 0.25) is 0 Å². The van der Waals surface area contributed by atoms with Crippen molar-refractivity contribution < 1.29 is 0 Å². The summed E-state index contributed by atoms with van der Waals surface area (Å²) >= 11 is 1.83. The van der Waals surface area contributed by atoms with Crippen LogP contribution in [0.5, 0.6) is 0 Å². The molecule has 3 nitrogen and oxygen atoms in total. The molecular weight excluding hydrogens is 278 g/mol. The Balaban J connectivity index is 1.61. The van der Waals surface area contributed by atoms with Crippen molar-refractivity contribution in [1.82, 2.24) is 10.3 Å². The van der Waals surface area contributed by atoms with E-state index in [1.807, 2.05) is 11.3 Å². The van der Waals surface area contributed by atoms with Crippen LogP contribution in [0.15, 0.2) is 29.6 Å². The molecule has 0 aliphatic heterocycles. The number of rotatable bonds is 7. The van der Waals surface area contributed by atoms with E-state index in [0.717, 1.165) is 37.1 Å². The van der Waals surface area contributed by atoms with Gasteiger partial charge in [0.1, 0.15) is 5.82 Å². The first-order valence-corrected chi connectivity index (χ1v) is 8.53. The highest BCUT2D eigenvalue weighted by Crippen LogP contribution is 2.20. The third kappa shape index (κ3) is 4.29. The SMILES string of the molecule is Cc1cc(CNC2CC2)cc(N(C)CCc2cccs2)n1. The predicted octanol–water partition coefficient (Wildman–Crippen LogP) is 3.38. The Kier molecular flexibility index (Phi) is 4.56. The topological polar surface area (TPSA) is 28.2 Å². The fourth-order valence-corrected chi connectivity index (χ4v) is 3.11. The summed E-state index contributed by atoms with van der Waals surface area (Å²) in [5.41, 5.74) is 2.44. The van der Waals surface area contributed by atoms with Gasteiger partial charge < -0.3 is 10.2 Å². The molecule has 3 rings (SSSR count). The molecule has 0 unspecified atom stereocenters. The summed E-state index contributed by atoms with van der Waals surface area (Å²) in [5, 5.41) is 5.72. The van der Waals surface area contributed by atoms with Crippen molar-refractivity contribution in [2.45, 2.75) is 38.8 Å². The van der Waals surface area contributed by atoms with Gasteiger partial charge >= 0.3 is 0 Å². The quantitative estimate of drug-likeness (QED) is 0.850. The lowest BCUT2D eigenvalue weighted by Gasteiger charge is -2.19. The van der Waals surface area contributed by atoms with Gasteiger partial charge in [0.05, 0.1) is 0 Å². The number of hydrogen-bond donors (Lipinski definition) is 1. The fraction of sp³-hybridized carbons (Fsp3) is 0.471. The molecule has 2 aromatic rings. The molecule has 0 atom stereocenters. The standard InChI is InChI=1S/C17H23N3S/c1-13-10-14(12-18-15-5-6-15)11-17(19-13)20(2)8-7-16-4-3-9-21-16/h3-4,9-11,15,18H,5-8,12H2,1-2H3. The van der Waals surface area contributed by atoms with Gasteiger partial charge in [0, 0.05) is 36.8 Å². The molecule has 0 saturated heterocycles. The Labute approximate surface area is 131 Å². The van der Waals surface area contributed by atoms with Crippen LogP contribution in [0, 0.1) is 6.92 Å². The second-order valence-electron chi connectivity index (χ2n) is 5.88. The van der Waals surface area contributed by atoms with Gasteiger partial charge in [-0.2, -0.15) is 0 Å². The third-order valence-electron chi connectivity index (χ3n) is 3.84. The Hall–Kier alpha value is -1.39. The van der Waals surface area contributed by atoms with Crippen LogP contribution in [-0.4, -0.2) is 24.6 Å². The number of pyridine rings is 1. The highest BCUT2D eigenvalue weighted by molar-refractivity contribution is 7.09. The number of nitrogens with zero attached hydrogens (tertiary/aromatic N) is 2. The molecule has 112 valence electrons. The smallest absolute Gasteiger partial charge is 0.128 e. The molecule has 0 radical (unpaired) electrons. The molecule has 0 spiro atoms. The van der Waals surface area contributed by atoms with Crippen LogP contribution < -0.4 is 10.2 Å². The fourth-order valence-electron chi connectivity index (χ4n) is 2.42. The minimum atomic E-state index is 0.749. The van der Waals surface area contributed by atoms with Crippen LogP contribution in [0.25, 0.3) is 0 Å². The van der Waals surface area contributed by atoms with E-state index >= 15 is 0 Å². The van der Waals surface area contributed by atoms with E-state index in [0.29, 0.717) is 0 Å². The number of hydrogen-bond acceptors (Lipinski definition) is 4. The van der Waals surface area contributed by atoms with Gasteiger partial charge in [-0.3, -0.25) is 0 Å². The minimum absolute atomic E-state index is 0.749. The van der Waals surface area contributed by atoms with E-state index < -0.39 is 0 Å². The van der Waals surface area contributed by atoms with Crippen molar-refractivity contribution in [2.24, 2.45) is 0 Å². The van der Waals surface area contributed by atoms with Crippen LogP contribution in [0.1, 0.15) is 29.0 Å². The van der Waals surface area contributed by atoms with Gasteiger partial charge in [0.15, 0.2) is 0 Å². The summed E-state index contributed by atoms with van der Waals surface area (Å²) in [6.07, 6.45) is 3.74. The number of anilines is 1. The lowest BCUT2D eigenvalue weighted by atomic mass is 10.2. The molecule has 0 bridgehead atoms. The first-order valence-electron chi connectivity index (χ1n) is 7.65. The molecule has 1 aliphatic carbocycles. The van der Waals surface area contributed by atoms with E-state index in [-0.39, 0.29) is 0 Å². The molecule has 2 heterocycles. The molecule has 0 aromatic carbocycles. The lowest BCUT2D eigenvalue weighted by molar-refractivity contribution is 0.686. The molecule has 1 N–H and O–H groups in total. The van der Waals surface area contributed by atoms with Gasteiger partial charge in [-0.25, -0.2) is 4.98 Å². The Morgan fingerprint density at radius 2 is 2.24 bits per heavy atom. The van der Waals surface area contributed by atoms with E-state index in [1.165, 1.54) is 23.3 Å². The first kappa shape index (κ1) is 14.5. The molecule has 1 aliphatic rings. The summed E-state index contributed by atoms with van der Waals surface area (Å²) in [7, 11) is 2.13. The monoisotopic (exact) mass is 301 g/mol. The number of aryl methyl sites for hydroxylation is 1. The maximum absolute atomic E-state index is 4.68. The first-order chi connectivity index (χ1) is 10.2. The van der Waals surface area contributed by atoms with Gasteiger partial charge in [-0.1, -0.05) is 6.07 Å². The maximum Gasteiger partial charge on any atom is 0.128 e. The van der Waals surface area contributed by atoms with Gasteiger partial charge in [-0.15, -0.1) is 11.3 Å². The zero-order valence-electron chi connectivity index (χ0n) is 12.8. The van der Waals surface area contributed by atoms with Crippen molar-refractivity contribution in [3.05, 3.63) is 45.8 Å². The van der Waals surface area contributed by atoms with Crippen LogP contribution >= 0.6 is 11.3 Å². The van der Waals surface area contributed by atoms with Gasteiger partial charge in [0.25, 0.3) is 0 Å². The number of thiophene rings is 1. The summed E-state index contributed by atoms with van der Waals surface area (Å²) < 4.78 is 0. The lowest BCUT2D eigenvalue weighted by Crippen LogP contribution is -2.22. The van der Waals surface area contributed by atoms with E-state index in [4.69, 9.17) is 0 Å². The van der Waals surface area contributed by atoms with Crippen molar-refractivity contribution in [2.75, 3.05) is 18.5 Å². The van der Waals surface area contributed by atoms with E-state index in [2.05, 4.69) is 58.8 Å². The molecule has 1 saturated carbocycles. The van der Waals surface area contributed by atoms with Crippen molar-refractivity contribution in [3.8, 4) is 0 Å². The Bertz CT molecular complexity index is 576. The average molecular weight is 301 g/mol. The van der Waals surface area contributed by atoms with E-state index in [1.54, 1.807) is 0 Å². The Morgan fingerprint density at radius 1 is 1.38 bits per heavy atom. The number of likely N-dealkylation sites (N-methyl/N-ethyl adjacent to an activating group) is 1. The predicted molar refractivity (Wildman–Crippen MR) is 90.1 cm³/mol. The second kappa shape index (κ2) is 6.58. The molecule has 21 heavy (non-hydrogen) atoms. The van der Waals surface area contributed by atoms with Crippen LogP contribution in [-0.2, 0) is 13.0 Å². The van der Waals surface area contributed by atoms with Crippen LogP contribution in [0.4, 0.5) is 5.82 Å². The summed E-state index contributed by atoms with van der Waals surface area (Å²) in [6, 6.07) is 9.47. The maximum atomic E-state index is 4.68. The molecule has 0 amide bonds. The Morgan fingerprint density at radius 3 is 2.95 bits per heavy atom. The minimum Gasteiger partial charge on any atom is -0.359 e. The third-order valence-corrected chi connectivity index (χ3v) is 4.77. The largest absolute Gasteiger partial charge is 0.359 e. The molecular formula is C17H23N3S. The summed E-state index contributed by atoms with van der Waals surface area (Å²) in [6.45, 7) is 4.05. The second-order valence-corrected chi connectivity index (χ2v) is 6.91. The van der Waals surface area contributed by atoms with Crippen molar-refractivity contribution in [1.29, 1.82) is 0 Å². The zero-order chi connectivity index (χ0) is 14.7. The molecule has 1 fully saturated rings. The highest BCUT2D eigenvalue weighted by Gasteiger charge is 2.20. The van der Waals surface area contributed by atoms with Gasteiger partial charge in [0.2, 0.25) is 0 Å². The van der Waals surface area contributed by atoms with E-state index in [9.17, 15) is 0 Å². The normalized spacial score (nSPS) is 14.4. The zero-order valence-corrected chi connectivity index (χ0v) is 13.6. The summed E-state index contributed by atoms with van der Waals surface area (Å²) in [4.78, 5) is 8.37. The number of nitrogens with one attached hydrogen (secondary N) is 1. The molecule has 2 aromatic heterocycles. The van der Waals surface area contributed by atoms with Crippen molar-refractivity contribution in [3.63, 3.8) is 0 Å². The molecule has 4 heteroatoms. The average Bonchev–Trinajstić information content (AvgIpc) is 3.16. The highest BCUT2D eigenvalue weighted by atomic mass is 32.1. The van der Waals surface area contributed by atoms with Gasteiger partial charge in [-0.05, 0) is 55.3 Å². The van der Waals surface area contributed by atoms with Crippen LogP contribution in [0.3, 0.4) is 0 Å². The number of aromatic nitrogens is 1. The van der Waals surface area contributed by atoms with Crippen molar-refractivity contribution >= 4 is 17.2 Å².